The summed E-state index contributed by atoms with van der Waals surface area (Å²) in [4.78, 5) is 0. The summed E-state index contributed by atoms with van der Waals surface area (Å²) in [6, 6.07) is 3.45. The summed E-state index contributed by atoms with van der Waals surface area (Å²) in [6.07, 6.45) is 1.46. The molecule has 0 atom stereocenters. The first-order valence-electron chi connectivity index (χ1n) is 4.57. The lowest BCUT2D eigenvalue weighted by Gasteiger charge is -2.05. The minimum atomic E-state index is -0.595. The van der Waals surface area contributed by atoms with Crippen LogP contribution < -0.4 is 0 Å². The van der Waals surface area contributed by atoms with E-state index in [2.05, 4.69) is 10.2 Å². The number of hydrogen-bond donors (Lipinski definition) is 0. The highest BCUT2D eigenvalue weighted by atomic mass is 35.5. The van der Waals surface area contributed by atoms with Crippen LogP contribution in [0.1, 0.15) is 11.4 Å². The highest BCUT2D eigenvalue weighted by Gasteiger charge is 2.07. The van der Waals surface area contributed by atoms with Crippen molar-refractivity contribution >= 4 is 11.6 Å². The number of halogens is 3. The lowest BCUT2D eigenvalue weighted by molar-refractivity contribution is 0.564. The number of alkyl halides is 1. The summed E-state index contributed by atoms with van der Waals surface area (Å²) in [6.45, 7) is 0.237. The zero-order valence-corrected chi connectivity index (χ0v) is 8.96. The third kappa shape index (κ3) is 2.19. The van der Waals surface area contributed by atoms with Gasteiger partial charge in [0.2, 0.25) is 0 Å². The topological polar surface area (TPSA) is 30.7 Å². The van der Waals surface area contributed by atoms with Gasteiger partial charge in [0.1, 0.15) is 23.8 Å². The fraction of sp³-hybridized carbons (Fsp3) is 0.200. The van der Waals surface area contributed by atoms with Gasteiger partial charge in [-0.25, -0.2) is 8.78 Å². The molecular formula is C10H8ClF2N3. The molecule has 0 N–H and O–H groups in total. The van der Waals surface area contributed by atoms with Gasteiger partial charge in [0.25, 0.3) is 0 Å². The highest BCUT2D eigenvalue weighted by molar-refractivity contribution is 6.16. The molecule has 1 aromatic carbocycles. The molecule has 0 fully saturated rings. The summed E-state index contributed by atoms with van der Waals surface area (Å²) in [5.74, 6) is -0.440. The van der Waals surface area contributed by atoms with Gasteiger partial charge in [-0.1, -0.05) is 6.07 Å². The second kappa shape index (κ2) is 4.57. The van der Waals surface area contributed by atoms with Crippen molar-refractivity contribution < 1.29 is 8.78 Å². The summed E-state index contributed by atoms with van der Waals surface area (Å²) in [5.41, 5.74) is 0.368. The van der Waals surface area contributed by atoms with E-state index >= 15 is 0 Å². The van der Waals surface area contributed by atoms with E-state index in [0.717, 1.165) is 6.07 Å². The molecular weight excluding hydrogens is 236 g/mol. The average Bonchev–Trinajstić information content (AvgIpc) is 2.69. The first-order valence-corrected chi connectivity index (χ1v) is 5.10. The second-order valence-electron chi connectivity index (χ2n) is 3.24. The molecule has 0 aliphatic rings. The van der Waals surface area contributed by atoms with Gasteiger partial charge >= 0.3 is 0 Å². The normalized spacial score (nSPS) is 10.7. The van der Waals surface area contributed by atoms with E-state index in [1.165, 1.54) is 18.5 Å². The van der Waals surface area contributed by atoms with Crippen LogP contribution in [-0.2, 0) is 12.4 Å². The Morgan fingerprint density at radius 1 is 1.31 bits per heavy atom. The minimum Gasteiger partial charge on any atom is -0.312 e. The van der Waals surface area contributed by atoms with Crippen LogP contribution in [0.15, 0.2) is 24.5 Å². The van der Waals surface area contributed by atoms with Crippen LogP contribution in [0.5, 0.6) is 0 Å². The van der Waals surface area contributed by atoms with Crippen LogP contribution in [0.3, 0.4) is 0 Å². The van der Waals surface area contributed by atoms with Crippen LogP contribution in [0.25, 0.3) is 0 Å². The fourth-order valence-electron chi connectivity index (χ4n) is 1.35. The molecule has 3 nitrogen and oxygen atoms in total. The van der Waals surface area contributed by atoms with Gasteiger partial charge in [-0.2, -0.15) is 0 Å². The Morgan fingerprint density at radius 3 is 2.81 bits per heavy atom. The third-order valence-electron chi connectivity index (χ3n) is 2.17. The minimum absolute atomic E-state index is 0.197. The molecule has 0 aliphatic heterocycles. The van der Waals surface area contributed by atoms with Crippen molar-refractivity contribution in [1.29, 1.82) is 0 Å². The van der Waals surface area contributed by atoms with Crippen molar-refractivity contribution in [2.75, 3.05) is 0 Å². The second-order valence-corrected chi connectivity index (χ2v) is 3.51. The molecule has 0 bridgehead atoms. The average molecular weight is 244 g/mol. The lowest BCUT2D eigenvalue weighted by atomic mass is 10.2. The maximum Gasteiger partial charge on any atom is 0.148 e. The molecule has 0 saturated carbocycles. The van der Waals surface area contributed by atoms with Gasteiger partial charge in [-0.15, -0.1) is 21.8 Å². The Labute approximate surface area is 95.7 Å². The Kier molecular flexibility index (Phi) is 3.14. The van der Waals surface area contributed by atoms with Crippen LogP contribution in [-0.4, -0.2) is 14.8 Å². The van der Waals surface area contributed by atoms with Crippen molar-refractivity contribution in [2.45, 2.75) is 12.4 Å². The predicted octanol–water partition coefficient (Wildman–Crippen LogP) is 2.34. The molecule has 2 aromatic rings. The molecule has 0 unspecified atom stereocenters. The zero-order chi connectivity index (χ0) is 11.5. The number of hydrogen-bond acceptors (Lipinski definition) is 2. The highest BCUT2D eigenvalue weighted by Crippen LogP contribution is 2.12. The van der Waals surface area contributed by atoms with E-state index in [1.807, 2.05) is 0 Å². The molecule has 1 aromatic heterocycles. The Bertz CT molecular complexity index is 499. The van der Waals surface area contributed by atoms with Crippen molar-refractivity contribution in [2.24, 2.45) is 0 Å². The maximum absolute atomic E-state index is 13.4. The Balaban J connectivity index is 2.27. The standard InChI is InChI=1S/C10H8ClF2N3/c11-4-10-15-14-6-16(10)5-7-1-2-8(12)3-9(7)13/h1-3,6H,4-5H2. The summed E-state index contributed by atoms with van der Waals surface area (Å²) >= 11 is 5.63. The van der Waals surface area contributed by atoms with E-state index in [4.69, 9.17) is 11.6 Å². The third-order valence-corrected chi connectivity index (χ3v) is 2.41. The first-order chi connectivity index (χ1) is 7.70. The molecule has 0 radical (unpaired) electrons. The van der Waals surface area contributed by atoms with Crippen molar-refractivity contribution in [3.8, 4) is 0 Å². The summed E-state index contributed by atoms with van der Waals surface area (Å²) in [5, 5.41) is 7.43. The van der Waals surface area contributed by atoms with Gasteiger partial charge in [-0.3, -0.25) is 0 Å². The molecule has 2 rings (SSSR count). The molecule has 6 heteroatoms. The van der Waals surface area contributed by atoms with Crippen LogP contribution in [0.2, 0.25) is 0 Å². The number of aromatic nitrogens is 3. The van der Waals surface area contributed by atoms with Gasteiger partial charge < -0.3 is 4.57 Å². The Morgan fingerprint density at radius 2 is 2.12 bits per heavy atom. The van der Waals surface area contributed by atoms with Crippen LogP contribution >= 0.6 is 11.6 Å². The predicted molar refractivity (Wildman–Crippen MR) is 55.0 cm³/mol. The van der Waals surface area contributed by atoms with E-state index in [-0.39, 0.29) is 12.4 Å². The van der Waals surface area contributed by atoms with Gasteiger partial charge in [0.15, 0.2) is 0 Å². The first kappa shape index (κ1) is 11.0. The van der Waals surface area contributed by atoms with Crippen LogP contribution in [0.4, 0.5) is 8.78 Å². The van der Waals surface area contributed by atoms with Gasteiger partial charge in [0.05, 0.1) is 12.4 Å². The molecule has 16 heavy (non-hydrogen) atoms. The largest absolute Gasteiger partial charge is 0.312 e. The molecule has 0 saturated heterocycles. The number of nitrogens with zero attached hydrogens (tertiary/aromatic N) is 3. The van der Waals surface area contributed by atoms with E-state index < -0.39 is 11.6 Å². The maximum atomic E-state index is 13.4. The van der Waals surface area contributed by atoms with Gasteiger partial charge in [-0.05, 0) is 6.07 Å². The molecule has 0 amide bonds. The quantitative estimate of drug-likeness (QED) is 0.775. The molecule has 0 spiro atoms. The molecule has 1 heterocycles. The number of rotatable bonds is 3. The SMILES string of the molecule is Fc1ccc(Cn2cnnc2CCl)c(F)c1. The fourth-order valence-corrected chi connectivity index (χ4v) is 1.55. The zero-order valence-electron chi connectivity index (χ0n) is 8.20. The van der Waals surface area contributed by atoms with E-state index in [9.17, 15) is 8.78 Å². The Hall–Kier alpha value is -1.49. The molecule has 84 valence electrons. The monoisotopic (exact) mass is 243 g/mol. The number of benzene rings is 1. The summed E-state index contributed by atoms with van der Waals surface area (Å²) in [7, 11) is 0. The van der Waals surface area contributed by atoms with Crippen molar-refractivity contribution in [1.82, 2.24) is 14.8 Å². The van der Waals surface area contributed by atoms with Crippen molar-refractivity contribution in [3.63, 3.8) is 0 Å². The summed E-state index contributed by atoms with van der Waals surface area (Å²) < 4.78 is 27.6. The molecule has 0 aliphatic carbocycles. The van der Waals surface area contributed by atoms with E-state index in [1.54, 1.807) is 4.57 Å². The van der Waals surface area contributed by atoms with Crippen LogP contribution in [0, 0.1) is 11.6 Å². The van der Waals surface area contributed by atoms with Gasteiger partial charge in [0, 0.05) is 11.6 Å². The lowest BCUT2D eigenvalue weighted by Crippen LogP contribution is -2.04. The smallest absolute Gasteiger partial charge is 0.148 e. The van der Waals surface area contributed by atoms with Crippen molar-refractivity contribution in [3.05, 3.63) is 47.5 Å². The van der Waals surface area contributed by atoms with E-state index in [0.29, 0.717) is 11.4 Å².